The molecule has 2 rings (SSSR count). The molecule has 0 saturated carbocycles. The summed E-state index contributed by atoms with van der Waals surface area (Å²) in [6, 6.07) is 7.75. The second-order valence-electron chi connectivity index (χ2n) is 4.09. The lowest BCUT2D eigenvalue weighted by atomic mass is 9.86. The summed E-state index contributed by atoms with van der Waals surface area (Å²) in [7, 11) is 0. The number of nitrogens with one attached hydrogen (secondary N) is 1. The number of hydrogen-bond donors (Lipinski definition) is 2. The van der Waals surface area contributed by atoms with E-state index in [9.17, 15) is 9.59 Å². The van der Waals surface area contributed by atoms with Crippen molar-refractivity contribution in [3.63, 3.8) is 0 Å². The Morgan fingerprint density at radius 3 is 2.75 bits per heavy atom. The summed E-state index contributed by atoms with van der Waals surface area (Å²) in [5, 5.41) is 2.69. The standard InChI is InChI=1S/C12H14N2O2/c1-7-4-2-3-5-8(7)9-6-14-12(16)10(9)11(13)15/h2-5,9-10H,6H2,1H3,(H2,13,15)(H,14,16). The molecule has 3 N–H and O–H groups in total. The number of amides is 2. The Labute approximate surface area is 93.8 Å². The van der Waals surface area contributed by atoms with E-state index in [1.165, 1.54) is 0 Å². The molecule has 0 radical (unpaired) electrons. The predicted molar refractivity (Wildman–Crippen MR) is 59.6 cm³/mol. The lowest BCUT2D eigenvalue weighted by Crippen LogP contribution is -2.32. The van der Waals surface area contributed by atoms with Crippen LogP contribution in [-0.4, -0.2) is 18.4 Å². The second-order valence-corrected chi connectivity index (χ2v) is 4.09. The summed E-state index contributed by atoms with van der Waals surface area (Å²) < 4.78 is 0. The van der Waals surface area contributed by atoms with Crippen LogP contribution in [-0.2, 0) is 9.59 Å². The number of carbonyl (C=O) groups is 2. The van der Waals surface area contributed by atoms with Crippen LogP contribution in [0.15, 0.2) is 24.3 Å². The Hall–Kier alpha value is -1.84. The first-order chi connectivity index (χ1) is 7.61. The van der Waals surface area contributed by atoms with Crippen LogP contribution < -0.4 is 11.1 Å². The second kappa shape index (κ2) is 3.96. The Morgan fingerprint density at radius 2 is 2.12 bits per heavy atom. The first-order valence-electron chi connectivity index (χ1n) is 5.24. The van der Waals surface area contributed by atoms with E-state index >= 15 is 0 Å². The van der Waals surface area contributed by atoms with Gasteiger partial charge in [-0.25, -0.2) is 0 Å². The smallest absolute Gasteiger partial charge is 0.233 e. The molecule has 1 aliphatic rings. The van der Waals surface area contributed by atoms with Crippen molar-refractivity contribution >= 4 is 11.8 Å². The SMILES string of the molecule is Cc1ccccc1C1CNC(=O)C1C(N)=O. The van der Waals surface area contributed by atoms with Crippen molar-refractivity contribution in [2.75, 3.05) is 6.54 Å². The van der Waals surface area contributed by atoms with Gasteiger partial charge in [0.2, 0.25) is 11.8 Å². The Kier molecular flexibility index (Phi) is 2.64. The van der Waals surface area contributed by atoms with Gasteiger partial charge in [0.05, 0.1) is 0 Å². The molecule has 84 valence electrons. The van der Waals surface area contributed by atoms with Crippen LogP contribution in [0.4, 0.5) is 0 Å². The molecular weight excluding hydrogens is 204 g/mol. The highest BCUT2D eigenvalue weighted by molar-refractivity contribution is 6.02. The van der Waals surface area contributed by atoms with E-state index in [1.54, 1.807) is 0 Å². The summed E-state index contributed by atoms with van der Waals surface area (Å²) in [6.45, 7) is 2.45. The molecule has 1 heterocycles. The largest absolute Gasteiger partial charge is 0.369 e. The van der Waals surface area contributed by atoms with Gasteiger partial charge < -0.3 is 11.1 Å². The van der Waals surface area contributed by atoms with E-state index in [1.807, 2.05) is 31.2 Å². The third kappa shape index (κ3) is 1.66. The molecule has 2 amide bonds. The molecule has 2 atom stereocenters. The summed E-state index contributed by atoms with van der Waals surface area (Å²) in [4.78, 5) is 22.8. The molecule has 1 saturated heterocycles. The van der Waals surface area contributed by atoms with Crippen LogP contribution in [0.1, 0.15) is 17.0 Å². The van der Waals surface area contributed by atoms with Gasteiger partial charge in [-0.15, -0.1) is 0 Å². The number of primary amides is 1. The minimum atomic E-state index is -0.735. The topological polar surface area (TPSA) is 72.2 Å². The van der Waals surface area contributed by atoms with Crippen LogP contribution in [0.5, 0.6) is 0 Å². The third-order valence-electron chi connectivity index (χ3n) is 3.08. The van der Waals surface area contributed by atoms with Crippen LogP contribution in [0.2, 0.25) is 0 Å². The van der Waals surface area contributed by atoms with Gasteiger partial charge in [-0.3, -0.25) is 9.59 Å². The zero-order valence-corrected chi connectivity index (χ0v) is 9.07. The van der Waals surface area contributed by atoms with E-state index in [-0.39, 0.29) is 11.8 Å². The van der Waals surface area contributed by atoms with Gasteiger partial charge in [0.15, 0.2) is 0 Å². The van der Waals surface area contributed by atoms with Gasteiger partial charge in [0, 0.05) is 12.5 Å². The van der Waals surface area contributed by atoms with E-state index in [2.05, 4.69) is 5.32 Å². The lowest BCUT2D eigenvalue weighted by molar-refractivity contribution is -0.131. The van der Waals surface area contributed by atoms with Gasteiger partial charge in [0.25, 0.3) is 0 Å². The highest BCUT2D eigenvalue weighted by atomic mass is 16.2. The van der Waals surface area contributed by atoms with Crippen molar-refractivity contribution in [1.29, 1.82) is 0 Å². The number of nitrogens with two attached hydrogens (primary N) is 1. The van der Waals surface area contributed by atoms with Crippen molar-refractivity contribution in [2.24, 2.45) is 11.7 Å². The monoisotopic (exact) mass is 218 g/mol. The molecule has 4 nitrogen and oxygen atoms in total. The highest BCUT2D eigenvalue weighted by Gasteiger charge is 2.40. The van der Waals surface area contributed by atoms with Crippen molar-refractivity contribution in [2.45, 2.75) is 12.8 Å². The van der Waals surface area contributed by atoms with E-state index in [0.717, 1.165) is 11.1 Å². The Balaban J connectivity index is 2.38. The molecule has 0 spiro atoms. The van der Waals surface area contributed by atoms with Gasteiger partial charge in [-0.1, -0.05) is 24.3 Å². The zero-order chi connectivity index (χ0) is 11.7. The maximum atomic E-state index is 11.5. The van der Waals surface area contributed by atoms with Crippen LogP contribution in [0.3, 0.4) is 0 Å². The molecule has 1 aromatic carbocycles. The molecule has 2 unspecified atom stereocenters. The predicted octanol–water partition coefficient (Wildman–Crippen LogP) is 0.310. The maximum absolute atomic E-state index is 11.5. The first kappa shape index (κ1) is 10.7. The zero-order valence-electron chi connectivity index (χ0n) is 9.07. The highest BCUT2D eigenvalue weighted by Crippen LogP contribution is 2.30. The average Bonchev–Trinajstić information content (AvgIpc) is 2.61. The fourth-order valence-corrected chi connectivity index (χ4v) is 2.24. The van der Waals surface area contributed by atoms with E-state index < -0.39 is 11.8 Å². The van der Waals surface area contributed by atoms with E-state index in [0.29, 0.717) is 6.54 Å². The molecule has 16 heavy (non-hydrogen) atoms. The third-order valence-corrected chi connectivity index (χ3v) is 3.08. The van der Waals surface area contributed by atoms with Gasteiger partial charge in [-0.2, -0.15) is 0 Å². The lowest BCUT2D eigenvalue weighted by Gasteiger charge is -2.16. The average molecular weight is 218 g/mol. The van der Waals surface area contributed by atoms with Gasteiger partial charge >= 0.3 is 0 Å². The molecule has 1 fully saturated rings. The van der Waals surface area contributed by atoms with E-state index in [4.69, 9.17) is 5.73 Å². The molecule has 0 aromatic heterocycles. The summed E-state index contributed by atoms with van der Waals surface area (Å²) >= 11 is 0. The van der Waals surface area contributed by atoms with Crippen LogP contribution in [0, 0.1) is 12.8 Å². The fourth-order valence-electron chi connectivity index (χ4n) is 2.24. The quantitative estimate of drug-likeness (QED) is 0.701. The summed E-state index contributed by atoms with van der Waals surface area (Å²) in [6.07, 6.45) is 0. The first-order valence-corrected chi connectivity index (χ1v) is 5.24. The van der Waals surface area contributed by atoms with Crippen LogP contribution in [0.25, 0.3) is 0 Å². The van der Waals surface area contributed by atoms with Crippen molar-refractivity contribution in [1.82, 2.24) is 5.32 Å². The van der Waals surface area contributed by atoms with Crippen molar-refractivity contribution in [3.8, 4) is 0 Å². The van der Waals surface area contributed by atoms with Gasteiger partial charge in [0.1, 0.15) is 5.92 Å². The number of benzene rings is 1. The molecule has 0 aliphatic carbocycles. The summed E-state index contributed by atoms with van der Waals surface area (Å²) in [5.41, 5.74) is 7.36. The minimum absolute atomic E-state index is 0.133. The summed E-state index contributed by atoms with van der Waals surface area (Å²) in [5.74, 6) is -1.68. The Bertz CT molecular complexity index is 442. The van der Waals surface area contributed by atoms with Crippen molar-refractivity contribution < 1.29 is 9.59 Å². The molecule has 1 aromatic rings. The molecule has 1 aliphatic heterocycles. The number of carbonyl (C=O) groups excluding carboxylic acids is 2. The number of aryl methyl sites for hydroxylation is 1. The Morgan fingerprint density at radius 1 is 1.44 bits per heavy atom. The molecule has 4 heteroatoms. The molecular formula is C12H14N2O2. The maximum Gasteiger partial charge on any atom is 0.233 e. The van der Waals surface area contributed by atoms with Crippen LogP contribution >= 0.6 is 0 Å². The normalized spacial score (nSPS) is 24.2. The number of rotatable bonds is 2. The van der Waals surface area contributed by atoms with Gasteiger partial charge in [-0.05, 0) is 18.1 Å². The fraction of sp³-hybridized carbons (Fsp3) is 0.333. The minimum Gasteiger partial charge on any atom is -0.369 e. The number of hydrogen-bond acceptors (Lipinski definition) is 2. The molecule has 0 bridgehead atoms. The van der Waals surface area contributed by atoms with Crippen molar-refractivity contribution in [3.05, 3.63) is 35.4 Å².